The highest BCUT2D eigenvalue weighted by atomic mass is 35.5. The number of amides is 1. The van der Waals surface area contributed by atoms with Crippen LogP contribution >= 0.6 is 23.2 Å². The molecule has 34 heavy (non-hydrogen) atoms. The van der Waals surface area contributed by atoms with E-state index in [0.717, 1.165) is 28.0 Å². The van der Waals surface area contributed by atoms with Crippen molar-refractivity contribution in [1.82, 2.24) is 14.9 Å². The second-order valence-corrected chi connectivity index (χ2v) is 8.63. The van der Waals surface area contributed by atoms with Crippen molar-refractivity contribution in [3.63, 3.8) is 0 Å². The summed E-state index contributed by atoms with van der Waals surface area (Å²) in [4.78, 5) is 17.3. The van der Waals surface area contributed by atoms with Gasteiger partial charge < -0.3 is 19.4 Å². The average molecular weight is 498 g/mol. The average Bonchev–Trinajstić information content (AvgIpc) is 3.18. The van der Waals surface area contributed by atoms with E-state index in [9.17, 15) is 4.79 Å². The van der Waals surface area contributed by atoms with Crippen LogP contribution in [0.15, 0.2) is 60.7 Å². The van der Waals surface area contributed by atoms with Gasteiger partial charge in [0, 0.05) is 19.5 Å². The standard InChI is InChI=1S/C26H25Cl2N3O3/c1-33-23-10-8-17(14-24(23)34-2)15-26(32)29-12-11-25-30-21-5-3-4-6-22(21)31(25)16-18-7-9-19(27)20(28)13-18/h3-10,13-14H,11-12,15-16H2,1-2H3,(H,29,32). The lowest BCUT2D eigenvalue weighted by atomic mass is 10.1. The minimum absolute atomic E-state index is 0.0700. The van der Waals surface area contributed by atoms with Crippen molar-refractivity contribution in [1.29, 1.82) is 0 Å². The van der Waals surface area contributed by atoms with Gasteiger partial charge in [-0.05, 0) is 47.5 Å². The fourth-order valence-corrected chi connectivity index (χ4v) is 4.19. The Labute approximate surface area is 208 Å². The first-order valence-corrected chi connectivity index (χ1v) is 11.6. The van der Waals surface area contributed by atoms with Crippen LogP contribution in [0.4, 0.5) is 0 Å². The summed E-state index contributed by atoms with van der Waals surface area (Å²) in [7, 11) is 3.16. The number of imidazole rings is 1. The van der Waals surface area contributed by atoms with Gasteiger partial charge in [0.05, 0.1) is 41.7 Å². The summed E-state index contributed by atoms with van der Waals surface area (Å²) in [5, 5.41) is 4.04. The first-order valence-electron chi connectivity index (χ1n) is 10.8. The number of rotatable bonds is 9. The van der Waals surface area contributed by atoms with Gasteiger partial charge in [-0.25, -0.2) is 4.98 Å². The molecule has 0 saturated carbocycles. The zero-order valence-corrected chi connectivity index (χ0v) is 20.5. The fourth-order valence-electron chi connectivity index (χ4n) is 3.87. The maximum absolute atomic E-state index is 12.5. The van der Waals surface area contributed by atoms with Crippen molar-refractivity contribution in [2.75, 3.05) is 20.8 Å². The van der Waals surface area contributed by atoms with E-state index in [-0.39, 0.29) is 12.3 Å². The summed E-state index contributed by atoms with van der Waals surface area (Å²) in [6.07, 6.45) is 0.841. The quantitative estimate of drug-likeness (QED) is 0.340. The van der Waals surface area contributed by atoms with Crippen LogP contribution in [0, 0.1) is 0 Å². The van der Waals surface area contributed by atoms with Crippen LogP contribution in [0.1, 0.15) is 17.0 Å². The summed E-state index contributed by atoms with van der Waals surface area (Å²) in [6.45, 7) is 1.07. The lowest BCUT2D eigenvalue weighted by Crippen LogP contribution is -2.28. The second kappa shape index (κ2) is 10.8. The molecule has 0 aliphatic heterocycles. The Kier molecular flexibility index (Phi) is 7.60. The van der Waals surface area contributed by atoms with Crippen molar-refractivity contribution in [2.45, 2.75) is 19.4 Å². The number of para-hydroxylation sites is 2. The van der Waals surface area contributed by atoms with Crippen LogP contribution in [0.2, 0.25) is 10.0 Å². The van der Waals surface area contributed by atoms with E-state index in [1.165, 1.54) is 0 Å². The Balaban J connectivity index is 1.44. The summed E-state index contributed by atoms with van der Waals surface area (Å²) >= 11 is 12.3. The molecular weight excluding hydrogens is 473 g/mol. The number of fused-ring (bicyclic) bond motifs is 1. The molecule has 4 aromatic rings. The number of nitrogens with zero attached hydrogens (tertiary/aromatic N) is 2. The van der Waals surface area contributed by atoms with Gasteiger partial charge in [-0.15, -0.1) is 0 Å². The lowest BCUT2D eigenvalue weighted by molar-refractivity contribution is -0.120. The minimum Gasteiger partial charge on any atom is -0.493 e. The normalized spacial score (nSPS) is 10.9. The molecule has 0 saturated heterocycles. The molecule has 0 bridgehead atoms. The Morgan fingerprint density at radius 1 is 0.941 bits per heavy atom. The molecule has 4 rings (SSSR count). The van der Waals surface area contributed by atoms with Crippen molar-refractivity contribution in [2.24, 2.45) is 0 Å². The van der Waals surface area contributed by atoms with E-state index in [2.05, 4.69) is 9.88 Å². The van der Waals surface area contributed by atoms with Gasteiger partial charge >= 0.3 is 0 Å². The van der Waals surface area contributed by atoms with Crippen molar-refractivity contribution in [3.05, 3.63) is 87.7 Å². The lowest BCUT2D eigenvalue weighted by Gasteiger charge is -2.12. The molecule has 6 nitrogen and oxygen atoms in total. The maximum atomic E-state index is 12.5. The molecule has 3 aromatic carbocycles. The van der Waals surface area contributed by atoms with Crippen LogP contribution < -0.4 is 14.8 Å². The van der Waals surface area contributed by atoms with E-state index in [1.807, 2.05) is 48.5 Å². The molecule has 0 fully saturated rings. The number of methoxy groups -OCH3 is 2. The topological polar surface area (TPSA) is 65.4 Å². The molecule has 0 radical (unpaired) electrons. The molecule has 1 aromatic heterocycles. The van der Waals surface area contributed by atoms with Gasteiger partial charge in [0.25, 0.3) is 0 Å². The predicted molar refractivity (Wildman–Crippen MR) is 135 cm³/mol. The van der Waals surface area contributed by atoms with Crippen LogP contribution in [0.3, 0.4) is 0 Å². The number of carbonyl (C=O) groups excluding carboxylic acids is 1. The molecule has 176 valence electrons. The number of halogens is 2. The zero-order chi connectivity index (χ0) is 24.1. The summed E-state index contributed by atoms with van der Waals surface area (Å²) < 4.78 is 12.7. The number of ether oxygens (including phenoxy) is 2. The summed E-state index contributed by atoms with van der Waals surface area (Å²) in [5.41, 5.74) is 3.81. The molecule has 1 heterocycles. The van der Waals surface area contributed by atoms with Gasteiger partial charge in [0.1, 0.15) is 5.82 Å². The highest BCUT2D eigenvalue weighted by Crippen LogP contribution is 2.28. The molecule has 0 atom stereocenters. The maximum Gasteiger partial charge on any atom is 0.224 e. The zero-order valence-electron chi connectivity index (χ0n) is 19.0. The smallest absolute Gasteiger partial charge is 0.224 e. The van der Waals surface area contributed by atoms with E-state index >= 15 is 0 Å². The minimum atomic E-state index is -0.0700. The fraction of sp³-hybridized carbons (Fsp3) is 0.231. The van der Waals surface area contributed by atoms with Gasteiger partial charge in [0.2, 0.25) is 5.91 Å². The Morgan fingerprint density at radius 3 is 2.47 bits per heavy atom. The SMILES string of the molecule is COc1ccc(CC(=O)NCCc2nc3ccccc3n2Cc2ccc(Cl)c(Cl)c2)cc1OC. The number of nitrogens with one attached hydrogen (secondary N) is 1. The third-order valence-corrected chi connectivity index (χ3v) is 6.28. The molecule has 0 spiro atoms. The van der Waals surface area contributed by atoms with E-state index in [4.69, 9.17) is 37.7 Å². The molecule has 8 heteroatoms. The Morgan fingerprint density at radius 2 is 1.71 bits per heavy atom. The Hall–Kier alpha value is -3.22. The first-order chi connectivity index (χ1) is 16.5. The number of hydrogen-bond acceptors (Lipinski definition) is 4. The molecule has 0 aliphatic rings. The third kappa shape index (κ3) is 5.46. The van der Waals surface area contributed by atoms with E-state index in [1.54, 1.807) is 26.4 Å². The number of benzene rings is 3. The van der Waals surface area contributed by atoms with Gasteiger partial charge in [0.15, 0.2) is 11.5 Å². The number of hydrogen-bond donors (Lipinski definition) is 1. The molecular formula is C26H25Cl2N3O3. The van der Waals surface area contributed by atoms with Crippen LogP contribution in [0.5, 0.6) is 11.5 Å². The first kappa shape index (κ1) is 23.9. The molecule has 1 N–H and O–H groups in total. The van der Waals surface area contributed by atoms with E-state index < -0.39 is 0 Å². The molecule has 0 unspecified atom stereocenters. The monoisotopic (exact) mass is 497 g/mol. The van der Waals surface area contributed by atoms with E-state index in [0.29, 0.717) is 41.1 Å². The largest absolute Gasteiger partial charge is 0.493 e. The summed E-state index contributed by atoms with van der Waals surface area (Å²) in [6, 6.07) is 19.1. The van der Waals surface area contributed by atoms with Crippen molar-refractivity contribution in [3.8, 4) is 11.5 Å². The highest BCUT2D eigenvalue weighted by molar-refractivity contribution is 6.42. The third-order valence-electron chi connectivity index (χ3n) is 5.54. The van der Waals surface area contributed by atoms with Crippen LogP contribution in [0.25, 0.3) is 11.0 Å². The summed E-state index contributed by atoms with van der Waals surface area (Å²) in [5.74, 6) is 2.05. The Bertz CT molecular complexity index is 1320. The van der Waals surface area contributed by atoms with Crippen molar-refractivity contribution >= 4 is 40.1 Å². The predicted octanol–water partition coefficient (Wildman–Crippen LogP) is 5.31. The van der Waals surface area contributed by atoms with Crippen LogP contribution in [-0.4, -0.2) is 36.2 Å². The highest BCUT2D eigenvalue weighted by Gasteiger charge is 2.13. The molecule has 0 aliphatic carbocycles. The number of aromatic nitrogens is 2. The van der Waals surface area contributed by atoms with Gasteiger partial charge in [-0.1, -0.05) is 47.5 Å². The van der Waals surface area contributed by atoms with Crippen molar-refractivity contribution < 1.29 is 14.3 Å². The molecule has 1 amide bonds. The van der Waals surface area contributed by atoms with Crippen LogP contribution in [-0.2, 0) is 24.2 Å². The number of carbonyl (C=O) groups is 1. The van der Waals surface area contributed by atoms with Gasteiger partial charge in [-0.2, -0.15) is 0 Å². The van der Waals surface area contributed by atoms with Gasteiger partial charge in [-0.3, -0.25) is 4.79 Å². The second-order valence-electron chi connectivity index (χ2n) is 7.82.